The number of nitrogens with zero attached hydrogens (tertiary/aromatic N) is 5. The van der Waals surface area contributed by atoms with Crippen LogP contribution in [0.5, 0.6) is 0 Å². The van der Waals surface area contributed by atoms with E-state index in [2.05, 4.69) is 39.2 Å². The van der Waals surface area contributed by atoms with E-state index in [0.29, 0.717) is 23.7 Å². The molecule has 0 bridgehead atoms. The molecule has 0 fully saturated rings. The number of hydrogen-bond acceptors (Lipinski definition) is 6. The first-order chi connectivity index (χ1) is 18.8. The van der Waals surface area contributed by atoms with Gasteiger partial charge in [-0.05, 0) is 56.0 Å². The van der Waals surface area contributed by atoms with Crippen LogP contribution in [-0.4, -0.2) is 35.8 Å². The Balaban J connectivity index is 1.82. The molecule has 0 atom stereocenters. The summed E-state index contributed by atoms with van der Waals surface area (Å²) in [6.45, 7) is 5.57. The zero-order chi connectivity index (χ0) is 29.2. The molecule has 0 spiro atoms. The van der Waals surface area contributed by atoms with E-state index >= 15 is 0 Å². The van der Waals surface area contributed by atoms with Crippen LogP contribution in [0.3, 0.4) is 0 Å². The lowest BCUT2D eigenvalue weighted by Crippen LogP contribution is -2.11. The van der Waals surface area contributed by atoms with E-state index in [-0.39, 0.29) is 39.2 Å². The Bertz CT molecular complexity index is 1550. The molecule has 40 heavy (non-hydrogen) atoms. The minimum Gasteiger partial charge on any atom is -0.478 e. The predicted molar refractivity (Wildman–Crippen MR) is 142 cm³/mol. The van der Waals surface area contributed by atoms with E-state index in [1.807, 2.05) is 0 Å². The van der Waals surface area contributed by atoms with Gasteiger partial charge in [0.05, 0.1) is 16.3 Å². The molecule has 1 aromatic carbocycles. The average Bonchev–Trinajstić information content (AvgIpc) is 3.28. The van der Waals surface area contributed by atoms with Crippen molar-refractivity contribution in [3.8, 4) is 16.9 Å². The van der Waals surface area contributed by atoms with Gasteiger partial charge in [0.25, 0.3) is 0 Å². The molecule has 0 unspecified atom stereocenters. The number of carboxylic acid groups (broad SMARTS) is 1. The quantitative estimate of drug-likeness (QED) is 0.202. The largest absolute Gasteiger partial charge is 0.478 e. The summed E-state index contributed by atoms with van der Waals surface area (Å²) in [6.07, 6.45) is 0.166. The summed E-state index contributed by atoms with van der Waals surface area (Å²) in [5, 5.41) is 16.3. The van der Waals surface area contributed by atoms with Crippen molar-refractivity contribution >= 4 is 29.2 Å². The number of anilines is 2. The zero-order valence-corrected chi connectivity index (χ0v) is 22.5. The number of carboxylic acids is 1. The fourth-order valence-electron chi connectivity index (χ4n) is 4.03. The minimum atomic E-state index is -4.70. The fraction of sp³-hybridized carbons (Fsp3) is 0.296. The van der Waals surface area contributed by atoms with Gasteiger partial charge in [0.15, 0.2) is 11.5 Å². The first-order valence-corrected chi connectivity index (χ1v) is 12.7. The fourth-order valence-corrected chi connectivity index (χ4v) is 4.21. The Labute approximate surface area is 232 Å². The number of carbonyl (C=O) groups is 1. The number of aromatic nitrogens is 5. The van der Waals surface area contributed by atoms with Crippen LogP contribution in [0.1, 0.15) is 54.1 Å². The smallest absolute Gasteiger partial charge is 0.435 e. The van der Waals surface area contributed by atoms with Gasteiger partial charge in [-0.15, -0.1) is 0 Å². The highest BCUT2D eigenvalue weighted by molar-refractivity contribution is 6.31. The molecule has 0 saturated heterocycles. The SMILES string of the molecule is Cc1cc(C(F)(F)F)nn1-c1nc(Nc2ccc(F)c(Cl)c2)ncc1-c1cnc(CCCC(C)C)c(C(=O)O)c1. The molecular formula is C27H25ClF4N6O2. The Morgan fingerprint density at radius 1 is 1.15 bits per heavy atom. The van der Waals surface area contributed by atoms with Crippen molar-refractivity contribution in [3.05, 3.63) is 76.2 Å². The molecule has 0 amide bonds. The van der Waals surface area contributed by atoms with Gasteiger partial charge in [-0.25, -0.2) is 18.9 Å². The number of hydrogen-bond donors (Lipinski definition) is 2. The summed E-state index contributed by atoms with van der Waals surface area (Å²) in [7, 11) is 0. The lowest BCUT2D eigenvalue weighted by Gasteiger charge is -2.14. The summed E-state index contributed by atoms with van der Waals surface area (Å²) >= 11 is 5.85. The molecule has 4 aromatic rings. The van der Waals surface area contributed by atoms with Crippen molar-refractivity contribution in [1.82, 2.24) is 24.7 Å². The van der Waals surface area contributed by atoms with Gasteiger partial charge in [-0.2, -0.15) is 23.3 Å². The van der Waals surface area contributed by atoms with Crippen LogP contribution >= 0.6 is 11.6 Å². The van der Waals surface area contributed by atoms with Gasteiger partial charge in [0.2, 0.25) is 5.95 Å². The standard InChI is InChI=1S/C27H25ClF4N6O2/c1-14(2)5-4-6-22-18(25(39)40)10-16(12-33-22)19-13-34-26(35-17-7-8-21(29)20(28)11-17)36-24(19)38-15(3)9-23(37-38)27(30,31)32/h7-14H,4-6H2,1-3H3,(H,39,40)(H,34,35,36). The van der Waals surface area contributed by atoms with E-state index in [9.17, 15) is 27.5 Å². The maximum absolute atomic E-state index is 13.6. The molecule has 2 N–H and O–H groups in total. The number of nitrogens with one attached hydrogen (secondary N) is 1. The lowest BCUT2D eigenvalue weighted by atomic mass is 10.0. The third kappa shape index (κ3) is 6.56. The molecular weight excluding hydrogens is 552 g/mol. The van der Waals surface area contributed by atoms with Crippen molar-refractivity contribution in [3.63, 3.8) is 0 Å². The molecule has 3 heterocycles. The number of alkyl halides is 3. The van der Waals surface area contributed by atoms with Crippen LogP contribution in [0.2, 0.25) is 5.02 Å². The highest BCUT2D eigenvalue weighted by Gasteiger charge is 2.35. The van der Waals surface area contributed by atoms with E-state index in [1.165, 1.54) is 37.5 Å². The second-order valence-electron chi connectivity index (χ2n) is 9.57. The predicted octanol–water partition coefficient (Wildman–Crippen LogP) is 7.26. The van der Waals surface area contributed by atoms with Crippen molar-refractivity contribution in [2.75, 3.05) is 5.32 Å². The third-order valence-electron chi connectivity index (χ3n) is 6.03. The van der Waals surface area contributed by atoms with Gasteiger partial charge in [-0.1, -0.05) is 31.9 Å². The summed E-state index contributed by atoms with van der Waals surface area (Å²) in [4.78, 5) is 25.1. The van der Waals surface area contributed by atoms with Gasteiger partial charge in [-0.3, -0.25) is 4.98 Å². The molecule has 8 nitrogen and oxygen atoms in total. The molecule has 0 radical (unpaired) electrons. The molecule has 13 heteroatoms. The first kappa shape index (κ1) is 28.9. The van der Waals surface area contributed by atoms with Crippen LogP contribution in [0.15, 0.2) is 42.7 Å². The molecule has 210 valence electrons. The van der Waals surface area contributed by atoms with E-state index in [1.54, 1.807) is 0 Å². The normalized spacial score (nSPS) is 11.7. The maximum Gasteiger partial charge on any atom is 0.435 e. The van der Waals surface area contributed by atoms with Crippen LogP contribution in [0.4, 0.5) is 29.2 Å². The first-order valence-electron chi connectivity index (χ1n) is 12.3. The monoisotopic (exact) mass is 576 g/mol. The van der Waals surface area contributed by atoms with Crippen molar-refractivity contribution < 1.29 is 27.5 Å². The van der Waals surface area contributed by atoms with Crippen LogP contribution < -0.4 is 5.32 Å². The van der Waals surface area contributed by atoms with Gasteiger partial charge < -0.3 is 10.4 Å². The zero-order valence-electron chi connectivity index (χ0n) is 21.7. The summed E-state index contributed by atoms with van der Waals surface area (Å²) in [6, 6.07) is 6.10. The molecule has 0 aliphatic rings. The Morgan fingerprint density at radius 2 is 1.90 bits per heavy atom. The summed E-state index contributed by atoms with van der Waals surface area (Å²) in [5.41, 5.74) is 0.188. The minimum absolute atomic E-state index is 0.0245. The van der Waals surface area contributed by atoms with E-state index in [4.69, 9.17) is 11.6 Å². The van der Waals surface area contributed by atoms with Crippen LogP contribution in [0.25, 0.3) is 16.9 Å². The topological polar surface area (TPSA) is 106 Å². The van der Waals surface area contributed by atoms with Crippen molar-refractivity contribution in [2.24, 2.45) is 5.92 Å². The number of aryl methyl sites for hydroxylation is 2. The number of aromatic carboxylic acids is 1. The van der Waals surface area contributed by atoms with Gasteiger partial charge in [0, 0.05) is 34.9 Å². The number of pyridine rings is 1. The van der Waals surface area contributed by atoms with Crippen LogP contribution in [-0.2, 0) is 12.6 Å². The second kappa shape index (κ2) is 11.6. The molecule has 3 aromatic heterocycles. The average molecular weight is 577 g/mol. The molecule has 4 rings (SSSR count). The second-order valence-corrected chi connectivity index (χ2v) is 9.98. The number of benzene rings is 1. The van der Waals surface area contributed by atoms with Crippen molar-refractivity contribution in [2.45, 2.75) is 46.2 Å². The van der Waals surface area contributed by atoms with Gasteiger partial charge in [0.1, 0.15) is 5.82 Å². The third-order valence-corrected chi connectivity index (χ3v) is 6.32. The van der Waals surface area contributed by atoms with Crippen molar-refractivity contribution in [1.29, 1.82) is 0 Å². The summed E-state index contributed by atoms with van der Waals surface area (Å²) in [5.74, 6) is -1.46. The Morgan fingerprint density at radius 3 is 2.52 bits per heavy atom. The Hall–Kier alpha value is -4.06. The number of rotatable bonds is 9. The summed E-state index contributed by atoms with van der Waals surface area (Å²) < 4.78 is 55.0. The maximum atomic E-state index is 13.6. The van der Waals surface area contributed by atoms with Gasteiger partial charge >= 0.3 is 12.1 Å². The lowest BCUT2D eigenvalue weighted by molar-refractivity contribution is -0.141. The van der Waals surface area contributed by atoms with E-state index < -0.39 is 23.7 Å². The number of halogens is 5. The van der Waals surface area contributed by atoms with Crippen LogP contribution in [0, 0.1) is 18.7 Å². The highest BCUT2D eigenvalue weighted by atomic mass is 35.5. The van der Waals surface area contributed by atoms with E-state index in [0.717, 1.165) is 29.7 Å². The molecule has 0 aliphatic heterocycles. The highest BCUT2D eigenvalue weighted by Crippen LogP contribution is 2.33. The molecule has 0 saturated carbocycles. The Kier molecular flexibility index (Phi) is 8.38. The molecule has 0 aliphatic carbocycles.